The van der Waals surface area contributed by atoms with Gasteiger partial charge in [-0.1, -0.05) is 42.2 Å². The number of aromatic nitrogens is 1. The molecule has 1 aliphatic rings. The van der Waals surface area contributed by atoms with Gasteiger partial charge in [-0.3, -0.25) is 14.2 Å². The molecule has 0 amide bonds. The summed E-state index contributed by atoms with van der Waals surface area (Å²) >= 11 is 1.21. The Morgan fingerprint density at radius 3 is 2.54 bits per heavy atom. The number of hydrogen-bond donors (Lipinski definition) is 0. The van der Waals surface area contributed by atoms with Crippen molar-refractivity contribution in [2.24, 2.45) is 4.99 Å². The lowest BCUT2D eigenvalue weighted by Gasteiger charge is -2.24. The van der Waals surface area contributed by atoms with E-state index in [1.54, 1.807) is 56.3 Å². The van der Waals surface area contributed by atoms with Gasteiger partial charge in [-0.05, 0) is 55.3 Å². The molecule has 0 aliphatic carbocycles. The standard InChI is InChI=1S/C29H28N2O7S/c1-6-14-37-21-11-9-20(10-12-21)26-25(28(34)36-7-2)17(3)30-29-31(26)27(33)24(39-29)16-19-8-13-22(38-18(4)32)23(15-19)35-5/h6,8-13,15-16,26H,1,7,14H2,2-5H3/t26-/m1/s1. The van der Waals surface area contributed by atoms with Crippen molar-refractivity contribution in [1.82, 2.24) is 4.57 Å². The lowest BCUT2D eigenvalue weighted by atomic mass is 9.96. The Morgan fingerprint density at radius 2 is 1.90 bits per heavy atom. The Labute approximate surface area is 228 Å². The summed E-state index contributed by atoms with van der Waals surface area (Å²) in [6.45, 7) is 8.96. The van der Waals surface area contributed by atoms with Crippen molar-refractivity contribution >= 4 is 29.4 Å². The van der Waals surface area contributed by atoms with Gasteiger partial charge in [0, 0.05) is 6.92 Å². The molecule has 1 atom stereocenters. The quantitative estimate of drug-likeness (QED) is 0.230. The molecule has 0 fully saturated rings. The number of carbonyl (C=O) groups excluding carboxylic acids is 2. The van der Waals surface area contributed by atoms with Gasteiger partial charge in [0.05, 0.1) is 35.6 Å². The average Bonchev–Trinajstić information content (AvgIpc) is 3.21. The highest BCUT2D eigenvalue weighted by molar-refractivity contribution is 7.07. The zero-order chi connectivity index (χ0) is 28.1. The first kappa shape index (κ1) is 27.6. The third-order valence-electron chi connectivity index (χ3n) is 5.82. The van der Waals surface area contributed by atoms with Crippen LogP contribution in [0.1, 0.15) is 37.9 Å². The third kappa shape index (κ3) is 5.85. The van der Waals surface area contributed by atoms with Gasteiger partial charge in [-0.25, -0.2) is 9.79 Å². The minimum absolute atomic E-state index is 0.187. The monoisotopic (exact) mass is 548 g/mol. The minimum atomic E-state index is -0.739. The molecule has 3 aromatic rings. The Balaban J connectivity index is 1.85. The van der Waals surface area contributed by atoms with Crippen molar-refractivity contribution in [3.05, 3.63) is 97.2 Å². The molecule has 2 heterocycles. The van der Waals surface area contributed by atoms with E-state index in [1.807, 2.05) is 12.1 Å². The fraction of sp³-hybridized carbons (Fsp3) is 0.241. The number of hydrogen-bond acceptors (Lipinski definition) is 9. The Kier molecular flexibility index (Phi) is 8.46. The molecule has 1 aliphatic heterocycles. The molecule has 2 aromatic carbocycles. The molecule has 1 aromatic heterocycles. The van der Waals surface area contributed by atoms with Crippen LogP contribution >= 0.6 is 11.3 Å². The highest BCUT2D eigenvalue weighted by atomic mass is 32.1. The second kappa shape index (κ2) is 12.0. The van der Waals surface area contributed by atoms with E-state index < -0.39 is 18.0 Å². The first-order chi connectivity index (χ1) is 18.8. The summed E-state index contributed by atoms with van der Waals surface area (Å²) < 4.78 is 23.4. The van der Waals surface area contributed by atoms with Crippen LogP contribution in [0.25, 0.3) is 6.08 Å². The van der Waals surface area contributed by atoms with Crippen LogP contribution in [0, 0.1) is 0 Å². The number of allylic oxidation sites excluding steroid dienone is 1. The predicted octanol–water partition coefficient (Wildman–Crippen LogP) is 3.30. The molecule has 0 N–H and O–H groups in total. The van der Waals surface area contributed by atoms with Crippen molar-refractivity contribution in [2.45, 2.75) is 26.8 Å². The number of thiazole rings is 1. The summed E-state index contributed by atoms with van der Waals surface area (Å²) in [5, 5.41) is 0. The number of rotatable bonds is 9. The molecule has 4 rings (SSSR count). The molecule has 0 spiro atoms. The van der Waals surface area contributed by atoms with Gasteiger partial charge < -0.3 is 18.9 Å². The normalized spacial score (nSPS) is 14.8. The number of fused-ring (bicyclic) bond motifs is 1. The van der Waals surface area contributed by atoms with Crippen LogP contribution in [0.3, 0.4) is 0 Å². The van der Waals surface area contributed by atoms with Gasteiger partial charge in [-0.2, -0.15) is 0 Å². The highest BCUT2D eigenvalue weighted by Crippen LogP contribution is 2.32. The van der Waals surface area contributed by atoms with Crippen molar-refractivity contribution in [3.8, 4) is 17.2 Å². The summed E-state index contributed by atoms with van der Waals surface area (Å²) in [6, 6.07) is 11.4. The van der Waals surface area contributed by atoms with Gasteiger partial charge >= 0.3 is 11.9 Å². The first-order valence-corrected chi connectivity index (χ1v) is 13.0. The number of carbonyl (C=O) groups is 2. The zero-order valence-electron chi connectivity index (χ0n) is 22.1. The van der Waals surface area contributed by atoms with E-state index in [0.717, 1.165) is 0 Å². The van der Waals surface area contributed by atoms with Crippen LogP contribution in [-0.4, -0.2) is 36.8 Å². The molecule has 0 radical (unpaired) electrons. The summed E-state index contributed by atoms with van der Waals surface area (Å²) in [7, 11) is 1.47. The average molecular weight is 549 g/mol. The highest BCUT2D eigenvalue weighted by Gasteiger charge is 2.33. The molecule has 0 unspecified atom stereocenters. The van der Waals surface area contributed by atoms with E-state index >= 15 is 0 Å². The molecule has 0 saturated heterocycles. The number of esters is 2. The van der Waals surface area contributed by atoms with E-state index in [9.17, 15) is 14.4 Å². The summed E-state index contributed by atoms with van der Waals surface area (Å²) in [5.41, 5.74) is 1.83. The minimum Gasteiger partial charge on any atom is -0.493 e. The van der Waals surface area contributed by atoms with E-state index in [-0.39, 0.29) is 17.9 Å². The van der Waals surface area contributed by atoms with E-state index in [2.05, 4.69) is 11.6 Å². The third-order valence-corrected chi connectivity index (χ3v) is 6.80. The van der Waals surface area contributed by atoms with Crippen molar-refractivity contribution in [2.75, 3.05) is 20.3 Å². The molecule has 9 nitrogen and oxygen atoms in total. The summed E-state index contributed by atoms with van der Waals surface area (Å²) in [5.74, 6) is 0.261. The predicted molar refractivity (Wildman–Crippen MR) is 147 cm³/mol. The molecule has 39 heavy (non-hydrogen) atoms. The number of methoxy groups -OCH3 is 1. The van der Waals surface area contributed by atoms with Crippen LogP contribution in [0.4, 0.5) is 0 Å². The second-order valence-corrected chi connectivity index (χ2v) is 9.48. The van der Waals surface area contributed by atoms with Crippen molar-refractivity contribution in [1.29, 1.82) is 0 Å². The van der Waals surface area contributed by atoms with Gasteiger partial charge in [0.2, 0.25) is 0 Å². The molecule has 0 bridgehead atoms. The SMILES string of the molecule is C=CCOc1ccc([C@@H]2C(C(=O)OCC)=C(C)N=c3sc(=Cc4ccc(OC(C)=O)c(OC)c4)c(=O)n32)cc1. The zero-order valence-corrected chi connectivity index (χ0v) is 22.9. The van der Waals surface area contributed by atoms with Gasteiger partial charge in [0.1, 0.15) is 12.4 Å². The van der Waals surface area contributed by atoms with Crippen molar-refractivity contribution in [3.63, 3.8) is 0 Å². The number of ether oxygens (including phenoxy) is 4. The summed E-state index contributed by atoms with van der Waals surface area (Å²) in [6.07, 6.45) is 3.35. The molecular formula is C29H28N2O7S. The van der Waals surface area contributed by atoms with Gasteiger partial charge in [0.25, 0.3) is 5.56 Å². The van der Waals surface area contributed by atoms with E-state index in [4.69, 9.17) is 18.9 Å². The lowest BCUT2D eigenvalue weighted by molar-refractivity contribution is -0.139. The fourth-order valence-corrected chi connectivity index (χ4v) is 5.22. The fourth-order valence-electron chi connectivity index (χ4n) is 4.17. The van der Waals surface area contributed by atoms with E-state index in [0.29, 0.717) is 49.8 Å². The topological polar surface area (TPSA) is 105 Å². The Morgan fingerprint density at radius 1 is 1.15 bits per heavy atom. The molecule has 0 saturated carbocycles. The van der Waals surface area contributed by atoms with Gasteiger partial charge in [0.15, 0.2) is 16.3 Å². The van der Waals surface area contributed by atoms with Crippen LogP contribution in [-0.2, 0) is 14.3 Å². The number of nitrogens with zero attached hydrogens (tertiary/aromatic N) is 2. The number of benzene rings is 2. The van der Waals surface area contributed by atoms with Crippen LogP contribution < -0.4 is 29.1 Å². The van der Waals surface area contributed by atoms with Crippen LogP contribution in [0.5, 0.6) is 17.2 Å². The Hall–Kier alpha value is -4.44. The van der Waals surface area contributed by atoms with Crippen LogP contribution in [0.15, 0.2) is 76.2 Å². The largest absolute Gasteiger partial charge is 0.493 e. The molecule has 10 heteroatoms. The molecular weight excluding hydrogens is 520 g/mol. The van der Waals surface area contributed by atoms with E-state index in [1.165, 1.54) is 29.9 Å². The lowest BCUT2D eigenvalue weighted by Crippen LogP contribution is -2.39. The first-order valence-electron chi connectivity index (χ1n) is 12.2. The maximum atomic E-state index is 13.8. The Bertz CT molecular complexity index is 1630. The van der Waals surface area contributed by atoms with Gasteiger partial charge in [-0.15, -0.1) is 0 Å². The smallest absolute Gasteiger partial charge is 0.338 e. The maximum Gasteiger partial charge on any atom is 0.338 e. The second-order valence-electron chi connectivity index (χ2n) is 8.47. The maximum absolute atomic E-state index is 13.8. The summed E-state index contributed by atoms with van der Waals surface area (Å²) in [4.78, 5) is 43.3. The van der Waals surface area contributed by atoms with Crippen molar-refractivity contribution < 1.29 is 28.5 Å². The molecule has 202 valence electrons. The van der Waals surface area contributed by atoms with Crippen LogP contribution in [0.2, 0.25) is 0 Å².